The Kier molecular flexibility index (Phi) is 6.36. The summed E-state index contributed by atoms with van der Waals surface area (Å²) in [5.74, 6) is 0.660. The molecule has 0 amide bonds. The number of hydrogen-bond donors (Lipinski definition) is 1. The van der Waals surface area contributed by atoms with Crippen molar-refractivity contribution < 1.29 is 13.2 Å². The Morgan fingerprint density at radius 3 is 2.08 bits per heavy atom. The summed E-state index contributed by atoms with van der Waals surface area (Å²) in [6.07, 6.45) is 0. The Balaban J connectivity index is 1.99. The number of benzene rings is 2. The zero-order valence-electron chi connectivity index (χ0n) is 14.3. The maximum Gasteiger partial charge on any atom is 0.240 e. The zero-order chi connectivity index (χ0) is 17.6. The van der Waals surface area contributed by atoms with E-state index >= 15 is 0 Å². The minimum atomic E-state index is -3.53. The zero-order valence-corrected chi connectivity index (χ0v) is 15.1. The second-order valence-electron chi connectivity index (χ2n) is 5.78. The summed E-state index contributed by atoms with van der Waals surface area (Å²) in [7, 11) is 0.492. The number of sulfonamides is 1. The van der Waals surface area contributed by atoms with Crippen molar-refractivity contribution in [3.05, 3.63) is 59.7 Å². The number of hydrogen-bond acceptors (Lipinski definition) is 4. The van der Waals surface area contributed by atoms with Gasteiger partial charge >= 0.3 is 0 Å². The van der Waals surface area contributed by atoms with Crippen molar-refractivity contribution in [1.29, 1.82) is 0 Å². The standard InChI is InChI=1S/C18H24N2O3S/c1-4-23-17-9-11-18(12-10-17)24(21,22)19-13-15-5-7-16(8-6-15)14-20(2)3/h5-12,19H,4,13-14H2,1-3H3. The molecule has 2 aromatic rings. The molecule has 0 aliphatic heterocycles. The lowest BCUT2D eigenvalue weighted by molar-refractivity contribution is 0.340. The quantitative estimate of drug-likeness (QED) is 0.797. The largest absolute Gasteiger partial charge is 0.494 e. The van der Waals surface area contributed by atoms with Gasteiger partial charge in [0.2, 0.25) is 10.0 Å². The van der Waals surface area contributed by atoms with Gasteiger partial charge in [0.25, 0.3) is 0 Å². The van der Waals surface area contributed by atoms with Gasteiger partial charge in [-0.05, 0) is 56.4 Å². The van der Waals surface area contributed by atoms with Gasteiger partial charge < -0.3 is 9.64 Å². The molecule has 0 bridgehead atoms. The molecule has 2 rings (SSSR count). The molecule has 0 atom stereocenters. The monoisotopic (exact) mass is 348 g/mol. The Hall–Kier alpha value is -1.89. The molecule has 2 aromatic carbocycles. The van der Waals surface area contributed by atoms with Crippen molar-refractivity contribution >= 4 is 10.0 Å². The van der Waals surface area contributed by atoms with Crippen LogP contribution in [-0.4, -0.2) is 34.0 Å². The molecule has 0 saturated carbocycles. The lowest BCUT2D eigenvalue weighted by Gasteiger charge is -2.11. The first-order chi connectivity index (χ1) is 11.4. The number of nitrogens with one attached hydrogen (secondary N) is 1. The Bertz CT molecular complexity index is 739. The SMILES string of the molecule is CCOc1ccc(S(=O)(=O)NCc2ccc(CN(C)C)cc2)cc1. The van der Waals surface area contributed by atoms with Crippen molar-refractivity contribution in [3.63, 3.8) is 0 Å². The fourth-order valence-corrected chi connectivity index (χ4v) is 3.29. The van der Waals surface area contributed by atoms with Gasteiger partial charge in [0.05, 0.1) is 11.5 Å². The van der Waals surface area contributed by atoms with Gasteiger partial charge in [-0.25, -0.2) is 13.1 Å². The van der Waals surface area contributed by atoms with Gasteiger partial charge in [-0.1, -0.05) is 24.3 Å². The van der Waals surface area contributed by atoms with E-state index in [0.717, 1.165) is 12.1 Å². The molecule has 0 fully saturated rings. The van der Waals surface area contributed by atoms with Crippen molar-refractivity contribution in [2.24, 2.45) is 0 Å². The molecule has 5 nitrogen and oxygen atoms in total. The van der Waals surface area contributed by atoms with E-state index < -0.39 is 10.0 Å². The van der Waals surface area contributed by atoms with Crippen LogP contribution in [-0.2, 0) is 23.1 Å². The third-order valence-electron chi connectivity index (χ3n) is 3.43. The minimum Gasteiger partial charge on any atom is -0.494 e. The highest BCUT2D eigenvalue weighted by molar-refractivity contribution is 7.89. The van der Waals surface area contributed by atoms with Gasteiger partial charge in [-0.15, -0.1) is 0 Å². The van der Waals surface area contributed by atoms with Crippen LogP contribution in [0, 0.1) is 0 Å². The molecule has 0 aliphatic carbocycles. The van der Waals surface area contributed by atoms with E-state index in [2.05, 4.69) is 9.62 Å². The predicted molar refractivity (Wildman–Crippen MR) is 95.5 cm³/mol. The molecule has 1 N–H and O–H groups in total. The van der Waals surface area contributed by atoms with Crippen LogP contribution in [0.3, 0.4) is 0 Å². The van der Waals surface area contributed by atoms with Gasteiger partial charge in [0, 0.05) is 13.1 Å². The predicted octanol–water partition coefficient (Wildman–Crippen LogP) is 2.63. The maximum atomic E-state index is 12.3. The van der Waals surface area contributed by atoms with Crippen molar-refractivity contribution in [2.75, 3.05) is 20.7 Å². The van der Waals surface area contributed by atoms with E-state index in [0.29, 0.717) is 12.4 Å². The van der Waals surface area contributed by atoms with Crippen molar-refractivity contribution in [1.82, 2.24) is 9.62 Å². The van der Waals surface area contributed by atoms with Gasteiger partial charge in [0.1, 0.15) is 5.75 Å². The Labute approximate surface area is 144 Å². The van der Waals surface area contributed by atoms with Crippen molar-refractivity contribution in [2.45, 2.75) is 24.9 Å². The number of ether oxygens (including phenoxy) is 1. The topological polar surface area (TPSA) is 58.6 Å². The Morgan fingerprint density at radius 2 is 1.54 bits per heavy atom. The van der Waals surface area contributed by atoms with Gasteiger partial charge in [0.15, 0.2) is 0 Å². The van der Waals surface area contributed by atoms with Crippen molar-refractivity contribution in [3.8, 4) is 5.75 Å². The first kappa shape index (κ1) is 18.4. The van der Waals surface area contributed by atoms with Crippen LogP contribution < -0.4 is 9.46 Å². The van der Waals surface area contributed by atoms with E-state index in [1.807, 2.05) is 45.3 Å². The highest BCUT2D eigenvalue weighted by Gasteiger charge is 2.13. The molecule has 0 unspecified atom stereocenters. The lowest BCUT2D eigenvalue weighted by Crippen LogP contribution is -2.23. The van der Waals surface area contributed by atoms with Gasteiger partial charge in [-0.2, -0.15) is 0 Å². The molecular weight excluding hydrogens is 324 g/mol. The van der Waals surface area contributed by atoms with Crippen LogP contribution in [0.25, 0.3) is 0 Å². The average molecular weight is 348 g/mol. The minimum absolute atomic E-state index is 0.232. The first-order valence-corrected chi connectivity index (χ1v) is 9.34. The van der Waals surface area contributed by atoms with Crippen LogP contribution in [0.4, 0.5) is 0 Å². The smallest absolute Gasteiger partial charge is 0.240 e. The van der Waals surface area contributed by atoms with E-state index in [4.69, 9.17) is 4.74 Å². The number of rotatable bonds is 8. The molecule has 0 aromatic heterocycles. The summed E-state index contributed by atoms with van der Waals surface area (Å²) in [6, 6.07) is 14.3. The molecule has 130 valence electrons. The van der Waals surface area contributed by atoms with Gasteiger partial charge in [-0.3, -0.25) is 0 Å². The highest BCUT2D eigenvalue weighted by atomic mass is 32.2. The molecular formula is C18H24N2O3S. The molecule has 6 heteroatoms. The normalized spacial score (nSPS) is 11.7. The van der Waals surface area contributed by atoms with E-state index in [1.165, 1.54) is 5.56 Å². The maximum absolute atomic E-state index is 12.3. The van der Waals surface area contributed by atoms with Crippen LogP contribution in [0.15, 0.2) is 53.4 Å². The van der Waals surface area contributed by atoms with Crippen LogP contribution in [0.2, 0.25) is 0 Å². The fraction of sp³-hybridized carbons (Fsp3) is 0.333. The summed E-state index contributed by atoms with van der Waals surface area (Å²) >= 11 is 0. The van der Waals surface area contributed by atoms with E-state index in [9.17, 15) is 8.42 Å². The third kappa shape index (κ3) is 5.33. The second-order valence-corrected chi connectivity index (χ2v) is 7.55. The van der Waals surface area contributed by atoms with Crippen LogP contribution in [0.1, 0.15) is 18.1 Å². The van der Waals surface area contributed by atoms with Crippen LogP contribution >= 0.6 is 0 Å². The van der Waals surface area contributed by atoms with Crippen LogP contribution in [0.5, 0.6) is 5.75 Å². The molecule has 0 heterocycles. The summed E-state index contributed by atoms with van der Waals surface area (Å²) in [5, 5.41) is 0. The Morgan fingerprint density at radius 1 is 0.958 bits per heavy atom. The fourth-order valence-electron chi connectivity index (χ4n) is 2.27. The molecule has 24 heavy (non-hydrogen) atoms. The summed E-state index contributed by atoms with van der Waals surface area (Å²) in [5.41, 5.74) is 2.12. The second kappa shape index (κ2) is 8.28. The summed E-state index contributed by atoms with van der Waals surface area (Å²) in [6.45, 7) is 3.56. The molecule has 0 radical (unpaired) electrons. The molecule has 0 saturated heterocycles. The lowest BCUT2D eigenvalue weighted by atomic mass is 10.1. The highest BCUT2D eigenvalue weighted by Crippen LogP contribution is 2.16. The summed E-state index contributed by atoms with van der Waals surface area (Å²) < 4.78 is 32.6. The number of nitrogens with zero attached hydrogens (tertiary/aromatic N) is 1. The molecule has 0 spiro atoms. The first-order valence-electron chi connectivity index (χ1n) is 7.86. The molecule has 0 aliphatic rings. The average Bonchev–Trinajstić information content (AvgIpc) is 2.55. The third-order valence-corrected chi connectivity index (χ3v) is 4.85. The van der Waals surface area contributed by atoms with E-state index in [-0.39, 0.29) is 11.4 Å². The van der Waals surface area contributed by atoms with E-state index in [1.54, 1.807) is 24.3 Å². The summed E-state index contributed by atoms with van der Waals surface area (Å²) in [4.78, 5) is 2.32.